The van der Waals surface area contributed by atoms with Crippen LogP contribution < -0.4 is 5.73 Å². The zero-order valence-electron chi connectivity index (χ0n) is 10.5. The lowest BCUT2D eigenvalue weighted by molar-refractivity contribution is -0.153. The first-order valence-corrected chi connectivity index (χ1v) is 6.63. The van der Waals surface area contributed by atoms with Crippen molar-refractivity contribution in [2.45, 2.75) is 64.5 Å². The summed E-state index contributed by atoms with van der Waals surface area (Å²) >= 11 is 0. The molecule has 2 atom stereocenters. The Kier molecular flexibility index (Phi) is 3.24. The molecule has 2 N–H and O–H groups in total. The van der Waals surface area contributed by atoms with Gasteiger partial charge in [-0.25, -0.2) is 0 Å². The maximum atomic E-state index is 12.6. The first-order chi connectivity index (χ1) is 7.60. The SMILES string of the molecule is CC1CCCC(C)N1C(=O)C1(CN)CCC1. The topological polar surface area (TPSA) is 46.3 Å². The van der Waals surface area contributed by atoms with E-state index in [2.05, 4.69) is 18.7 Å². The van der Waals surface area contributed by atoms with Gasteiger partial charge in [-0.15, -0.1) is 0 Å². The lowest BCUT2D eigenvalue weighted by atomic mass is 9.67. The first kappa shape index (κ1) is 11.9. The van der Waals surface area contributed by atoms with Gasteiger partial charge >= 0.3 is 0 Å². The van der Waals surface area contributed by atoms with Crippen molar-refractivity contribution in [2.24, 2.45) is 11.1 Å². The number of amides is 1. The molecule has 3 heteroatoms. The number of rotatable bonds is 2. The van der Waals surface area contributed by atoms with Crippen molar-refractivity contribution in [1.29, 1.82) is 0 Å². The molecule has 0 aromatic heterocycles. The van der Waals surface area contributed by atoms with Crippen LogP contribution in [0.25, 0.3) is 0 Å². The number of likely N-dealkylation sites (tertiary alicyclic amines) is 1. The minimum absolute atomic E-state index is 0.195. The van der Waals surface area contributed by atoms with Crippen LogP contribution in [-0.2, 0) is 4.79 Å². The Morgan fingerprint density at radius 1 is 1.25 bits per heavy atom. The number of hydrogen-bond donors (Lipinski definition) is 1. The smallest absolute Gasteiger partial charge is 0.230 e. The molecule has 1 saturated carbocycles. The third-order valence-electron chi connectivity index (χ3n) is 4.58. The molecule has 0 radical (unpaired) electrons. The number of nitrogens with zero attached hydrogens (tertiary/aromatic N) is 1. The summed E-state index contributed by atoms with van der Waals surface area (Å²) in [6.07, 6.45) is 6.71. The number of carbonyl (C=O) groups excluding carboxylic acids is 1. The molecule has 2 aliphatic rings. The van der Waals surface area contributed by atoms with Gasteiger partial charge in [0.1, 0.15) is 0 Å². The molecule has 2 unspecified atom stereocenters. The van der Waals surface area contributed by atoms with Crippen LogP contribution in [0.15, 0.2) is 0 Å². The lowest BCUT2D eigenvalue weighted by Gasteiger charge is -2.48. The molecule has 2 rings (SSSR count). The van der Waals surface area contributed by atoms with Gasteiger partial charge in [-0.05, 0) is 46.0 Å². The van der Waals surface area contributed by atoms with E-state index in [1.165, 1.54) is 12.8 Å². The summed E-state index contributed by atoms with van der Waals surface area (Å²) < 4.78 is 0. The minimum Gasteiger partial charge on any atom is -0.337 e. The third kappa shape index (κ3) is 1.75. The van der Waals surface area contributed by atoms with E-state index in [0.29, 0.717) is 24.5 Å². The van der Waals surface area contributed by atoms with Crippen LogP contribution in [0.3, 0.4) is 0 Å². The average molecular weight is 224 g/mol. The highest BCUT2D eigenvalue weighted by Crippen LogP contribution is 2.43. The Labute approximate surface area is 98.4 Å². The Balaban J connectivity index is 2.12. The fourth-order valence-electron chi connectivity index (χ4n) is 3.20. The Morgan fingerprint density at radius 3 is 2.19 bits per heavy atom. The van der Waals surface area contributed by atoms with E-state index < -0.39 is 0 Å². The quantitative estimate of drug-likeness (QED) is 0.778. The molecule has 0 spiro atoms. The normalized spacial score (nSPS) is 33.3. The van der Waals surface area contributed by atoms with E-state index >= 15 is 0 Å². The van der Waals surface area contributed by atoms with E-state index in [4.69, 9.17) is 5.73 Å². The second-order valence-electron chi connectivity index (χ2n) is 5.68. The highest BCUT2D eigenvalue weighted by Gasteiger charge is 2.47. The monoisotopic (exact) mass is 224 g/mol. The second-order valence-corrected chi connectivity index (χ2v) is 5.68. The molecular formula is C13H24N2O. The Hall–Kier alpha value is -0.570. The molecule has 0 aromatic carbocycles. The van der Waals surface area contributed by atoms with Gasteiger partial charge < -0.3 is 10.6 Å². The third-order valence-corrected chi connectivity index (χ3v) is 4.58. The fourth-order valence-corrected chi connectivity index (χ4v) is 3.20. The molecule has 2 fully saturated rings. The molecular weight excluding hydrogens is 200 g/mol. The number of hydrogen-bond acceptors (Lipinski definition) is 2. The lowest BCUT2D eigenvalue weighted by Crippen LogP contribution is -2.57. The van der Waals surface area contributed by atoms with Gasteiger partial charge in [0, 0.05) is 18.6 Å². The van der Waals surface area contributed by atoms with Gasteiger partial charge in [-0.1, -0.05) is 6.42 Å². The largest absolute Gasteiger partial charge is 0.337 e. The summed E-state index contributed by atoms with van der Waals surface area (Å²) in [5.74, 6) is 0.334. The average Bonchev–Trinajstić information content (AvgIpc) is 2.16. The van der Waals surface area contributed by atoms with Gasteiger partial charge in [-0.3, -0.25) is 4.79 Å². The molecule has 16 heavy (non-hydrogen) atoms. The summed E-state index contributed by atoms with van der Waals surface area (Å²) in [5.41, 5.74) is 5.63. The Bertz CT molecular complexity index is 258. The molecule has 1 saturated heterocycles. The summed E-state index contributed by atoms with van der Waals surface area (Å²) in [6.45, 7) is 4.88. The van der Waals surface area contributed by atoms with E-state index in [1.807, 2.05) is 0 Å². The van der Waals surface area contributed by atoms with Crippen LogP contribution in [0.5, 0.6) is 0 Å². The standard InChI is InChI=1S/C13H24N2O/c1-10-5-3-6-11(2)15(10)12(16)13(9-14)7-4-8-13/h10-11H,3-9,14H2,1-2H3. The van der Waals surface area contributed by atoms with Crippen molar-refractivity contribution < 1.29 is 4.79 Å². The molecule has 1 heterocycles. The number of piperidine rings is 1. The van der Waals surface area contributed by atoms with Crippen molar-refractivity contribution >= 4 is 5.91 Å². The zero-order chi connectivity index (χ0) is 11.8. The molecule has 1 aliphatic heterocycles. The maximum Gasteiger partial charge on any atom is 0.230 e. The van der Waals surface area contributed by atoms with Crippen LogP contribution in [0.2, 0.25) is 0 Å². The molecule has 0 bridgehead atoms. The summed E-state index contributed by atoms with van der Waals surface area (Å²) in [4.78, 5) is 14.7. The van der Waals surface area contributed by atoms with Gasteiger partial charge in [0.15, 0.2) is 0 Å². The summed E-state index contributed by atoms with van der Waals surface area (Å²) in [7, 11) is 0. The second kappa shape index (κ2) is 4.36. The molecule has 0 aromatic rings. The number of nitrogens with two attached hydrogens (primary N) is 1. The van der Waals surface area contributed by atoms with Crippen LogP contribution in [-0.4, -0.2) is 29.4 Å². The molecule has 1 amide bonds. The highest BCUT2D eigenvalue weighted by atomic mass is 16.2. The van der Waals surface area contributed by atoms with Gasteiger partial charge in [0.25, 0.3) is 0 Å². The van der Waals surface area contributed by atoms with Crippen LogP contribution in [0, 0.1) is 5.41 Å². The van der Waals surface area contributed by atoms with Crippen molar-refractivity contribution in [1.82, 2.24) is 4.90 Å². The van der Waals surface area contributed by atoms with Crippen LogP contribution in [0.1, 0.15) is 52.4 Å². The summed E-state index contributed by atoms with van der Waals surface area (Å²) in [6, 6.07) is 0.806. The fraction of sp³-hybridized carbons (Fsp3) is 0.923. The van der Waals surface area contributed by atoms with Crippen molar-refractivity contribution in [3.05, 3.63) is 0 Å². The van der Waals surface area contributed by atoms with E-state index in [-0.39, 0.29) is 5.41 Å². The molecule has 92 valence electrons. The van der Waals surface area contributed by atoms with Gasteiger partial charge in [0.05, 0.1) is 5.41 Å². The van der Waals surface area contributed by atoms with Crippen molar-refractivity contribution in [2.75, 3.05) is 6.54 Å². The van der Waals surface area contributed by atoms with Crippen molar-refractivity contribution in [3.63, 3.8) is 0 Å². The van der Waals surface area contributed by atoms with Gasteiger partial charge in [0.2, 0.25) is 5.91 Å². The minimum atomic E-state index is -0.195. The van der Waals surface area contributed by atoms with E-state index in [9.17, 15) is 4.79 Å². The van der Waals surface area contributed by atoms with E-state index in [1.54, 1.807) is 0 Å². The zero-order valence-corrected chi connectivity index (χ0v) is 10.5. The van der Waals surface area contributed by atoms with Crippen LogP contribution in [0.4, 0.5) is 0 Å². The Morgan fingerprint density at radius 2 is 1.81 bits per heavy atom. The highest BCUT2D eigenvalue weighted by molar-refractivity contribution is 5.84. The van der Waals surface area contributed by atoms with Gasteiger partial charge in [-0.2, -0.15) is 0 Å². The molecule has 1 aliphatic carbocycles. The van der Waals surface area contributed by atoms with E-state index in [0.717, 1.165) is 25.7 Å². The van der Waals surface area contributed by atoms with Crippen molar-refractivity contribution in [3.8, 4) is 0 Å². The predicted molar refractivity (Wildman–Crippen MR) is 65.0 cm³/mol. The summed E-state index contributed by atoms with van der Waals surface area (Å²) in [5, 5.41) is 0. The first-order valence-electron chi connectivity index (χ1n) is 6.63. The predicted octanol–water partition coefficient (Wildman–Crippen LogP) is 1.90. The number of carbonyl (C=O) groups is 1. The van der Waals surface area contributed by atoms with Crippen LogP contribution >= 0.6 is 0 Å². The molecule has 3 nitrogen and oxygen atoms in total. The maximum absolute atomic E-state index is 12.6.